The van der Waals surface area contributed by atoms with Gasteiger partial charge in [-0.3, -0.25) is 10.1 Å². The molecule has 6 nitrogen and oxygen atoms in total. The van der Waals surface area contributed by atoms with Crippen LogP contribution in [0.25, 0.3) is 0 Å². The zero-order valence-electron chi connectivity index (χ0n) is 13.0. The van der Waals surface area contributed by atoms with Crippen LogP contribution in [0, 0.1) is 0 Å². The van der Waals surface area contributed by atoms with E-state index in [1.165, 1.54) is 16.9 Å². The molecule has 0 radical (unpaired) electrons. The van der Waals surface area contributed by atoms with Gasteiger partial charge in [0.25, 0.3) is 5.91 Å². The summed E-state index contributed by atoms with van der Waals surface area (Å²) in [6.45, 7) is 0. The molecule has 4 rings (SSSR count). The Morgan fingerprint density at radius 1 is 1.20 bits per heavy atom. The van der Waals surface area contributed by atoms with Crippen LogP contribution in [-0.4, -0.2) is 27.1 Å². The second-order valence-corrected chi connectivity index (χ2v) is 7.52. The van der Waals surface area contributed by atoms with Crippen LogP contribution in [0.5, 0.6) is 0 Å². The number of carbonyl (C=O) groups is 1. The van der Waals surface area contributed by atoms with Gasteiger partial charge in [-0.1, -0.05) is 39.4 Å². The molecule has 1 fully saturated rings. The van der Waals surface area contributed by atoms with E-state index in [1.54, 1.807) is 17.8 Å². The molecule has 1 aromatic carbocycles. The topological polar surface area (TPSA) is 79.8 Å². The molecule has 0 saturated heterocycles. The SMILES string of the molecule is O=C(Nc1nncs1)c1ccc(NC2CC2c2ccc(Br)cc2)nc1. The first-order valence-electron chi connectivity index (χ1n) is 7.74. The normalized spacial score (nSPS) is 18.6. The summed E-state index contributed by atoms with van der Waals surface area (Å²) in [7, 11) is 0. The smallest absolute Gasteiger partial charge is 0.259 e. The summed E-state index contributed by atoms with van der Waals surface area (Å²) in [5, 5.41) is 14.1. The van der Waals surface area contributed by atoms with Crippen molar-refractivity contribution in [1.29, 1.82) is 0 Å². The zero-order valence-corrected chi connectivity index (χ0v) is 15.4. The Hall–Kier alpha value is -2.32. The number of hydrogen-bond donors (Lipinski definition) is 2. The Kier molecular flexibility index (Phi) is 4.46. The van der Waals surface area contributed by atoms with Crippen molar-refractivity contribution in [3.8, 4) is 0 Å². The van der Waals surface area contributed by atoms with Gasteiger partial charge >= 0.3 is 0 Å². The summed E-state index contributed by atoms with van der Waals surface area (Å²) in [4.78, 5) is 16.4. The molecule has 0 aliphatic heterocycles. The summed E-state index contributed by atoms with van der Waals surface area (Å²) in [5.41, 5.74) is 3.38. The van der Waals surface area contributed by atoms with E-state index >= 15 is 0 Å². The van der Waals surface area contributed by atoms with Gasteiger partial charge in [0.15, 0.2) is 0 Å². The highest BCUT2D eigenvalue weighted by atomic mass is 79.9. The van der Waals surface area contributed by atoms with Gasteiger partial charge in [0, 0.05) is 22.6 Å². The fourth-order valence-corrected chi connectivity index (χ4v) is 3.34. The Bertz CT molecular complexity index is 867. The number of aromatic nitrogens is 3. The molecule has 25 heavy (non-hydrogen) atoms. The van der Waals surface area contributed by atoms with Crippen molar-refractivity contribution in [3.63, 3.8) is 0 Å². The molecular formula is C17H14BrN5OS. The Labute approximate surface area is 156 Å². The maximum absolute atomic E-state index is 12.1. The van der Waals surface area contributed by atoms with Crippen molar-refractivity contribution in [2.75, 3.05) is 10.6 Å². The fourth-order valence-electron chi connectivity index (χ4n) is 2.63. The standard InChI is InChI=1S/C17H14BrN5OS/c18-12-4-1-10(2-5-12)13-7-14(13)21-15-6-3-11(8-19-15)16(24)22-17-23-20-9-25-17/h1-6,8-9,13-14H,7H2,(H,19,21)(H,22,23,24). The fraction of sp³-hybridized carbons (Fsp3) is 0.176. The van der Waals surface area contributed by atoms with Crippen LogP contribution in [0.15, 0.2) is 52.6 Å². The van der Waals surface area contributed by atoms with Crippen LogP contribution in [0.4, 0.5) is 10.9 Å². The van der Waals surface area contributed by atoms with E-state index in [9.17, 15) is 4.79 Å². The van der Waals surface area contributed by atoms with Gasteiger partial charge in [-0.25, -0.2) is 4.98 Å². The molecule has 2 unspecified atom stereocenters. The molecule has 1 saturated carbocycles. The summed E-state index contributed by atoms with van der Waals surface area (Å²) < 4.78 is 1.09. The number of pyridine rings is 1. The highest BCUT2D eigenvalue weighted by Gasteiger charge is 2.38. The monoisotopic (exact) mass is 415 g/mol. The first-order chi connectivity index (χ1) is 12.2. The Morgan fingerprint density at radius 3 is 2.72 bits per heavy atom. The first-order valence-corrected chi connectivity index (χ1v) is 9.42. The molecule has 8 heteroatoms. The largest absolute Gasteiger partial charge is 0.367 e. The summed E-state index contributed by atoms with van der Waals surface area (Å²) in [5.74, 6) is 1.04. The quantitative estimate of drug-likeness (QED) is 0.659. The molecule has 0 bridgehead atoms. The predicted molar refractivity (Wildman–Crippen MR) is 101 cm³/mol. The van der Waals surface area contributed by atoms with E-state index < -0.39 is 0 Å². The van der Waals surface area contributed by atoms with Crippen LogP contribution < -0.4 is 10.6 Å². The lowest BCUT2D eigenvalue weighted by atomic mass is 10.1. The van der Waals surface area contributed by atoms with E-state index in [2.05, 4.69) is 66.0 Å². The molecule has 2 aromatic heterocycles. The molecule has 2 atom stereocenters. The van der Waals surface area contributed by atoms with Crippen molar-refractivity contribution in [3.05, 3.63) is 63.7 Å². The van der Waals surface area contributed by atoms with Gasteiger partial charge < -0.3 is 5.32 Å². The van der Waals surface area contributed by atoms with Gasteiger partial charge in [-0.2, -0.15) is 0 Å². The van der Waals surface area contributed by atoms with E-state index in [4.69, 9.17) is 0 Å². The van der Waals surface area contributed by atoms with Crippen LogP contribution >= 0.6 is 27.3 Å². The molecule has 0 spiro atoms. The number of hydrogen-bond acceptors (Lipinski definition) is 6. The molecule has 1 aliphatic carbocycles. The van der Waals surface area contributed by atoms with Crippen molar-refractivity contribution < 1.29 is 4.79 Å². The molecule has 1 aliphatic rings. The lowest BCUT2D eigenvalue weighted by molar-refractivity contribution is 0.102. The lowest BCUT2D eigenvalue weighted by Crippen LogP contribution is -2.13. The molecule has 3 aromatic rings. The van der Waals surface area contributed by atoms with Gasteiger partial charge in [0.1, 0.15) is 11.3 Å². The second-order valence-electron chi connectivity index (χ2n) is 5.77. The second kappa shape index (κ2) is 6.89. The molecule has 2 heterocycles. The highest BCUT2D eigenvalue weighted by molar-refractivity contribution is 9.10. The number of halogens is 1. The summed E-state index contributed by atoms with van der Waals surface area (Å²) >= 11 is 4.73. The first kappa shape index (κ1) is 16.2. The number of anilines is 2. The minimum atomic E-state index is -0.241. The van der Waals surface area contributed by atoms with Gasteiger partial charge in [-0.15, -0.1) is 10.2 Å². The van der Waals surface area contributed by atoms with Gasteiger partial charge in [-0.05, 0) is 36.2 Å². The average Bonchev–Trinajstić information content (AvgIpc) is 3.19. The zero-order chi connectivity index (χ0) is 17.2. The number of amides is 1. The number of rotatable bonds is 5. The van der Waals surface area contributed by atoms with E-state index in [0.29, 0.717) is 22.7 Å². The summed E-state index contributed by atoms with van der Waals surface area (Å²) in [6, 6.07) is 12.4. The number of nitrogens with one attached hydrogen (secondary N) is 2. The van der Waals surface area contributed by atoms with E-state index in [1.807, 2.05) is 6.07 Å². The third kappa shape index (κ3) is 3.85. The number of benzene rings is 1. The minimum Gasteiger partial charge on any atom is -0.367 e. The van der Waals surface area contributed by atoms with Crippen LogP contribution in [0.2, 0.25) is 0 Å². The Morgan fingerprint density at radius 2 is 2.04 bits per heavy atom. The maximum atomic E-state index is 12.1. The number of nitrogens with zero attached hydrogens (tertiary/aromatic N) is 3. The maximum Gasteiger partial charge on any atom is 0.259 e. The minimum absolute atomic E-state index is 0.241. The predicted octanol–water partition coefficient (Wildman–Crippen LogP) is 3.92. The Balaban J connectivity index is 1.35. The van der Waals surface area contributed by atoms with Crippen molar-refractivity contribution in [2.45, 2.75) is 18.4 Å². The third-order valence-electron chi connectivity index (χ3n) is 4.03. The highest BCUT2D eigenvalue weighted by Crippen LogP contribution is 2.42. The molecule has 126 valence electrons. The third-order valence-corrected chi connectivity index (χ3v) is 5.16. The molecule has 2 N–H and O–H groups in total. The number of carbonyl (C=O) groups excluding carboxylic acids is 1. The van der Waals surface area contributed by atoms with E-state index in [-0.39, 0.29) is 5.91 Å². The van der Waals surface area contributed by atoms with Crippen molar-refractivity contribution >= 4 is 44.1 Å². The van der Waals surface area contributed by atoms with Crippen LogP contribution in [0.1, 0.15) is 28.3 Å². The molecule has 1 amide bonds. The lowest BCUT2D eigenvalue weighted by Gasteiger charge is -2.06. The van der Waals surface area contributed by atoms with Crippen molar-refractivity contribution in [2.24, 2.45) is 0 Å². The summed E-state index contributed by atoms with van der Waals surface area (Å²) in [6.07, 6.45) is 2.65. The van der Waals surface area contributed by atoms with Gasteiger partial charge in [0.05, 0.1) is 5.56 Å². The van der Waals surface area contributed by atoms with Gasteiger partial charge in [0.2, 0.25) is 5.13 Å². The molecular weight excluding hydrogens is 402 g/mol. The van der Waals surface area contributed by atoms with E-state index in [0.717, 1.165) is 16.7 Å². The van der Waals surface area contributed by atoms with Crippen molar-refractivity contribution in [1.82, 2.24) is 15.2 Å². The average molecular weight is 416 g/mol. The van der Waals surface area contributed by atoms with Crippen LogP contribution in [-0.2, 0) is 0 Å². The van der Waals surface area contributed by atoms with Crippen LogP contribution in [0.3, 0.4) is 0 Å².